The van der Waals surface area contributed by atoms with Gasteiger partial charge in [-0.05, 0) is 40.2 Å². The summed E-state index contributed by atoms with van der Waals surface area (Å²) in [5, 5.41) is 27.8. The van der Waals surface area contributed by atoms with Gasteiger partial charge >= 0.3 is 0 Å². The van der Waals surface area contributed by atoms with Crippen LogP contribution in [0.2, 0.25) is 0 Å². The standard InChI is InChI=1S/C23H30F2N6O3S/c1-10(9-34-5)27-22-28-11(2)16(21-30-17-12(3)26-7-6-15(17)35-21)20(31-22)29-14-8-13(23(4,24)25)18(32)19(14)33/h6-7,10,13-14,18-19,32-33H,8-9H2,1-5H3,(H2,27,28,29,31)/t10-,13+,14?,18-,19+/m1/s1. The lowest BCUT2D eigenvalue weighted by molar-refractivity contribution is -0.0950. The zero-order valence-corrected chi connectivity index (χ0v) is 21.0. The summed E-state index contributed by atoms with van der Waals surface area (Å²) in [6, 6.07) is 0.951. The van der Waals surface area contributed by atoms with Crippen molar-refractivity contribution in [3.8, 4) is 10.6 Å². The van der Waals surface area contributed by atoms with Crippen molar-refractivity contribution in [2.24, 2.45) is 5.92 Å². The number of thiazole rings is 1. The topological polar surface area (TPSA) is 125 Å². The van der Waals surface area contributed by atoms with E-state index in [1.165, 1.54) is 11.3 Å². The van der Waals surface area contributed by atoms with E-state index in [-0.39, 0.29) is 12.5 Å². The van der Waals surface area contributed by atoms with Crippen LogP contribution in [0.15, 0.2) is 12.3 Å². The van der Waals surface area contributed by atoms with Crippen LogP contribution in [0.4, 0.5) is 20.5 Å². The molecular weight excluding hydrogens is 478 g/mol. The van der Waals surface area contributed by atoms with E-state index in [0.29, 0.717) is 34.6 Å². The molecule has 1 aliphatic carbocycles. The van der Waals surface area contributed by atoms with Crippen LogP contribution in [0.5, 0.6) is 0 Å². The first-order valence-corrected chi connectivity index (χ1v) is 12.2. The number of nitrogens with zero attached hydrogens (tertiary/aromatic N) is 4. The van der Waals surface area contributed by atoms with Gasteiger partial charge in [-0.3, -0.25) is 4.98 Å². The summed E-state index contributed by atoms with van der Waals surface area (Å²) >= 11 is 1.44. The predicted octanol–water partition coefficient (Wildman–Crippen LogP) is 3.39. The Labute approximate surface area is 206 Å². The van der Waals surface area contributed by atoms with Crippen molar-refractivity contribution in [3.05, 3.63) is 23.7 Å². The fourth-order valence-corrected chi connectivity index (χ4v) is 5.56. The van der Waals surface area contributed by atoms with E-state index in [1.54, 1.807) is 13.3 Å². The van der Waals surface area contributed by atoms with Crippen LogP contribution in [-0.2, 0) is 4.74 Å². The molecular formula is C23H30F2N6O3S. The second kappa shape index (κ2) is 9.84. The minimum Gasteiger partial charge on any atom is -0.390 e. The molecule has 1 aliphatic rings. The number of nitrogens with one attached hydrogen (secondary N) is 2. The molecule has 0 saturated heterocycles. The number of hydrogen-bond acceptors (Lipinski definition) is 10. The maximum Gasteiger partial charge on any atom is 0.250 e. The zero-order valence-electron chi connectivity index (χ0n) is 20.2. The number of fused-ring (bicyclic) bond motifs is 1. The highest BCUT2D eigenvalue weighted by Crippen LogP contribution is 2.41. The summed E-state index contributed by atoms with van der Waals surface area (Å²) < 4.78 is 34.2. The van der Waals surface area contributed by atoms with Gasteiger partial charge in [0.15, 0.2) is 0 Å². The number of anilines is 2. The first-order chi connectivity index (χ1) is 16.5. The highest BCUT2D eigenvalue weighted by Gasteiger charge is 2.51. The number of aliphatic hydroxyl groups is 2. The van der Waals surface area contributed by atoms with Crippen LogP contribution >= 0.6 is 11.3 Å². The molecule has 190 valence electrons. The third kappa shape index (κ3) is 5.20. The van der Waals surface area contributed by atoms with Gasteiger partial charge in [-0.2, -0.15) is 4.98 Å². The van der Waals surface area contributed by atoms with E-state index in [4.69, 9.17) is 9.72 Å². The number of aliphatic hydroxyl groups excluding tert-OH is 2. The molecule has 0 aliphatic heterocycles. The summed E-state index contributed by atoms with van der Waals surface area (Å²) in [6.07, 6.45) is -1.36. The number of pyridine rings is 1. The number of aromatic nitrogens is 4. The number of hydrogen-bond donors (Lipinski definition) is 4. The maximum absolute atomic E-state index is 14.0. The lowest BCUT2D eigenvalue weighted by Gasteiger charge is -2.22. The minimum absolute atomic E-state index is 0.0867. The summed E-state index contributed by atoms with van der Waals surface area (Å²) in [6.45, 7) is 6.79. The van der Waals surface area contributed by atoms with Gasteiger partial charge in [0.05, 0.1) is 46.3 Å². The van der Waals surface area contributed by atoms with E-state index in [1.807, 2.05) is 26.8 Å². The number of ether oxygens (including phenoxy) is 1. The van der Waals surface area contributed by atoms with Crippen LogP contribution in [0.25, 0.3) is 20.8 Å². The highest BCUT2D eigenvalue weighted by atomic mass is 32.1. The zero-order chi connectivity index (χ0) is 25.5. The van der Waals surface area contributed by atoms with Crippen molar-refractivity contribution in [2.75, 3.05) is 24.4 Å². The molecule has 4 rings (SSSR count). The van der Waals surface area contributed by atoms with Crippen LogP contribution in [0.3, 0.4) is 0 Å². The van der Waals surface area contributed by atoms with Gasteiger partial charge in [0.1, 0.15) is 22.4 Å². The van der Waals surface area contributed by atoms with Gasteiger partial charge in [0.2, 0.25) is 5.95 Å². The van der Waals surface area contributed by atoms with Gasteiger partial charge in [-0.1, -0.05) is 0 Å². The molecule has 3 heterocycles. The fraction of sp³-hybridized carbons (Fsp3) is 0.565. The molecule has 1 saturated carbocycles. The van der Waals surface area contributed by atoms with Gasteiger partial charge in [-0.15, -0.1) is 11.3 Å². The quantitative estimate of drug-likeness (QED) is 0.362. The summed E-state index contributed by atoms with van der Waals surface area (Å²) in [7, 11) is 1.59. The van der Waals surface area contributed by atoms with Crippen molar-refractivity contribution in [1.29, 1.82) is 0 Å². The molecule has 35 heavy (non-hydrogen) atoms. The average molecular weight is 509 g/mol. The second-order valence-electron chi connectivity index (χ2n) is 9.15. The van der Waals surface area contributed by atoms with Crippen LogP contribution in [0, 0.1) is 19.8 Å². The number of alkyl halides is 2. The Morgan fingerprint density at radius 1 is 1.20 bits per heavy atom. The molecule has 1 fully saturated rings. The van der Waals surface area contributed by atoms with Gasteiger partial charge in [0, 0.05) is 19.3 Å². The van der Waals surface area contributed by atoms with E-state index in [2.05, 4.69) is 25.6 Å². The van der Waals surface area contributed by atoms with E-state index in [0.717, 1.165) is 22.8 Å². The maximum atomic E-state index is 14.0. The van der Waals surface area contributed by atoms with E-state index < -0.39 is 30.1 Å². The molecule has 0 amide bonds. The molecule has 0 bridgehead atoms. The Kier molecular flexibility index (Phi) is 7.18. The third-order valence-electron chi connectivity index (χ3n) is 6.24. The molecule has 1 unspecified atom stereocenters. The smallest absolute Gasteiger partial charge is 0.250 e. The molecule has 0 spiro atoms. The van der Waals surface area contributed by atoms with Gasteiger partial charge < -0.3 is 25.6 Å². The molecule has 3 aromatic heterocycles. The van der Waals surface area contributed by atoms with Gasteiger partial charge in [-0.25, -0.2) is 18.7 Å². The molecule has 4 N–H and O–H groups in total. The molecule has 3 aromatic rings. The second-order valence-corrected chi connectivity index (χ2v) is 10.2. The third-order valence-corrected chi connectivity index (χ3v) is 7.28. The first-order valence-electron chi connectivity index (χ1n) is 11.4. The van der Waals surface area contributed by atoms with Crippen LogP contribution in [0.1, 0.15) is 31.7 Å². The molecule has 5 atom stereocenters. The Hall–Kier alpha value is -2.54. The van der Waals surface area contributed by atoms with Crippen molar-refractivity contribution < 1.29 is 23.7 Å². The van der Waals surface area contributed by atoms with Crippen molar-refractivity contribution in [2.45, 2.75) is 64.3 Å². The van der Waals surface area contributed by atoms with Crippen molar-refractivity contribution in [1.82, 2.24) is 19.9 Å². The van der Waals surface area contributed by atoms with Crippen LogP contribution < -0.4 is 10.6 Å². The summed E-state index contributed by atoms with van der Waals surface area (Å²) in [5.41, 5.74) is 2.76. The van der Waals surface area contributed by atoms with Gasteiger partial charge in [0.25, 0.3) is 5.92 Å². The number of aryl methyl sites for hydroxylation is 2. The van der Waals surface area contributed by atoms with E-state index >= 15 is 0 Å². The fourth-order valence-electron chi connectivity index (χ4n) is 4.45. The average Bonchev–Trinajstić information content (AvgIpc) is 3.31. The molecule has 9 nitrogen and oxygen atoms in total. The molecule has 0 radical (unpaired) electrons. The van der Waals surface area contributed by atoms with Crippen LogP contribution in [-0.4, -0.2) is 74.1 Å². The summed E-state index contributed by atoms with van der Waals surface area (Å²) in [5.74, 6) is -3.86. The minimum atomic E-state index is -3.14. The molecule has 0 aromatic carbocycles. The largest absolute Gasteiger partial charge is 0.390 e. The van der Waals surface area contributed by atoms with E-state index in [9.17, 15) is 19.0 Å². The SMILES string of the molecule is COC[C@@H](C)Nc1nc(C)c(-c2nc3c(C)nccc3s2)c(NC2C[C@H](C(C)(F)F)[C@@H](O)[C@H]2O)n1. The lowest BCUT2D eigenvalue weighted by atomic mass is 9.98. The Bertz CT molecular complexity index is 1200. The number of methoxy groups -OCH3 is 1. The van der Waals surface area contributed by atoms with Crippen molar-refractivity contribution >= 4 is 33.3 Å². The van der Waals surface area contributed by atoms with Crippen molar-refractivity contribution in [3.63, 3.8) is 0 Å². The Balaban J connectivity index is 1.76. The highest BCUT2D eigenvalue weighted by molar-refractivity contribution is 7.21. The molecule has 12 heteroatoms. The lowest BCUT2D eigenvalue weighted by Crippen LogP contribution is -2.38. The predicted molar refractivity (Wildman–Crippen MR) is 131 cm³/mol. The normalized spacial score (nSPS) is 23.6. The number of rotatable bonds is 8. The summed E-state index contributed by atoms with van der Waals surface area (Å²) in [4.78, 5) is 18.3. The number of halogens is 2. The Morgan fingerprint density at radius 2 is 1.94 bits per heavy atom. The monoisotopic (exact) mass is 508 g/mol. The first kappa shape index (κ1) is 25.5. The Morgan fingerprint density at radius 3 is 2.57 bits per heavy atom.